The van der Waals surface area contributed by atoms with Crippen molar-refractivity contribution in [3.63, 3.8) is 0 Å². The highest BCUT2D eigenvalue weighted by Gasteiger charge is 2.40. The second-order valence-electron chi connectivity index (χ2n) is 9.62. The molecule has 178 valence electrons. The van der Waals surface area contributed by atoms with Gasteiger partial charge in [0.1, 0.15) is 18.4 Å². The summed E-state index contributed by atoms with van der Waals surface area (Å²) in [6.07, 6.45) is 2.80. The molecule has 2 aliphatic rings. The topological polar surface area (TPSA) is 87.6 Å². The van der Waals surface area contributed by atoms with E-state index in [2.05, 4.69) is 9.88 Å². The second kappa shape index (κ2) is 8.74. The lowest BCUT2D eigenvalue weighted by atomic mass is 9.82. The predicted octanol–water partition coefficient (Wildman–Crippen LogP) is 4.15. The van der Waals surface area contributed by atoms with Crippen molar-refractivity contribution in [2.24, 2.45) is 5.92 Å². The number of aromatic nitrogens is 2. The highest BCUT2D eigenvalue weighted by atomic mass is 16.5. The molecule has 2 aromatic heterocycles. The van der Waals surface area contributed by atoms with Crippen LogP contribution in [0.1, 0.15) is 35.2 Å². The summed E-state index contributed by atoms with van der Waals surface area (Å²) in [5.41, 5.74) is 3.73. The van der Waals surface area contributed by atoms with Crippen LogP contribution < -0.4 is 10.3 Å². The lowest BCUT2D eigenvalue weighted by Crippen LogP contribution is -2.49. The second-order valence-corrected chi connectivity index (χ2v) is 9.62. The summed E-state index contributed by atoms with van der Waals surface area (Å²) in [6.45, 7) is 2.33. The molecule has 35 heavy (non-hydrogen) atoms. The number of carbonyl (C=O) groups is 1. The summed E-state index contributed by atoms with van der Waals surface area (Å²) < 4.78 is 7.88. The number of nitrogens with one attached hydrogen (secondary N) is 1. The van der Waals surface area contributed by atoms with Gasteiger partial charge in [-0.15, -0.1) is 0 Å². The van der Waals surface area contributed by atoms with Gasteiger partial charge in [0.15, 0.2) is 0 Å². The number of pyridine rings is 1. The van der Waals surface area contributed by atoms with E-state index >= 15 is 0 Å². The van der Waals surface area contributed by atoms with Crippen molar-refractivity contribution in [1.82, 2.24) is 14.5 Å². The number of carboxylic acids is 1. The van der Waals surface area contributed by atoms with Crippen molar-refractivity contribution < 1.29 is 14.6 Å². The molecule has 2 aromatic carbocycles. The molecule has 0 saturated carbocycles. The third-order valence-corrected chi connectivity index (χ3v) is 7.34. The van der Waals surface area contributed by atoms with Crippen LogP contribution >= 0.6 is 0 Å². The monoisotopic (exact) mass is 469 g/mol. The number of rotatable bonds is 6. The Balaban J connectivity index is 1.30. The van der Waals surface area contributed by atoms with E-state index in [0.29, 0.717) is 32.0 Å². The average Bonchev–Trinajstić information content (AvgIpc) is 3.27. The van der Waals surface area contributed by atoms with E-state index in [9.17, 15) is 14.7 Å². The number of likely N-dealkylation sites (tertiary alicyclic amines) is 1. The van der Waals surface area contributed by atoms with E-state index in [0.717, 1.165) is 34.1 Å². The number of H-pyrrole nitrogens is 1. The van der Waals surface area contributed by atoms with Crippen LogP contribution in [0.3, 0.4) is 0 Å². The lowest BCUT2D eigenvalue weighted by Gasteiger charge is -2.44. The smallest absolute Gasteiger partial charge is 0.325 e. The number of carboxylic acid groups (broad SMARTS) is 1. The number of piperidine rings is 1. The maximum atomic E-state index is 12.6. The maximum Gasteiger partial charge on any atom is 0.325 e. The molecule has 1 fully saturated rings. The van der Waals surface area contributed by atoms with E-state index in [1.165, 1.54) is 0 Å². The Morgan fingerprint density at radius 1 is 1.06 bits per heavy atom. The zero-order valence-corrected chi connectivity index (χ0v) is 19.3. The fourth-order valence-electron chi connectivity index (χ4n) is 5.81. The van der Waals surface area contributed by atoms with Crippen LogP contribution in [0.15, 0.2) is 77.7 Å². The molecule has 7 heteroatoms. The quantitative estimate of drug-likeness (QED) is 0.443. The van der Waals surface area contributed by atoms with Crippen LogP contribution in [0.4, 0.5) is 0 Å². The maximum absolute atomic E-state index is 12.6. The van der Waals surface area contributed by atoms with E-state index in [1.54, 1.807) is 12.1 Å². The standard InChI is InChI=1S/C28H27N3O4/c32-26-8-4-7-25-20-11-19(15-31(25)26)14-30(16-20)27(28(33)34)23-13-29-24-10-9-21(12-22(23)24)35-17-18-5-2-1-3-6-18/h1-10,12-13,19-20,27,29H,11,14-17H2,(H,33,34)/t19-,20+,27+/m1/s1. The van der Waals surface area contributed by atoms with Crippen LogP contribution in [0.2, 0.25) is 0 Å². The van der Waals surface area contributed by atoms with Gasteiger partial charge in [-0.25, -0.2) is 0 Å². The minimum atomic E-state index is -0.869. The first-order valence-electron chi connectivity index (χ1n) is 12.0. The Morgan fingerprint density at radius 3 is 2.74 bits per heavy atom. The van der Waals surface area contributed by atoms with Crippen molar-refractivity contribution in [3.05, 3.63) is 100 Å². The summed E-state index contributed by atoms with van der Waals surface area (Å²) in [6, 6.07) is 20.4. The van der Waals surface area contributed by atoms with E-state index in [1.807, 2.05) is 65.4 Å². The lowest BCUT2D eigenvalue weighted by molar-refractivity contribution is -0.144. The summed E-state index contributed by atoms with van der Waals surface area (Å²) in [7, 11) is 0. The zero-order chi connectivity index (χ0) is 23.9. The average molecular weight is 470 g/mol. The summed E-state index contributed by atoms with van der Waals surface area (Å²) in [5, 5.41) is 11.2. The van der Waals surface area contributed by atoms with Crippen LogP contribution in [0, 0.1) is 5.92 Å². The van der Waals surface area contributed by atoms with Gasteiger partial charge in [0, 0.05) is 60.0 Å². The normalized spacial score (nSPS) is 20.3. The van der Waals surface area contributed by atoms with E-state index in [-0.39, 0.29) is 17.4 Å². The first-order chi connectivity index (χ1) is 17.1. The molecule has 0 radical (unpaired) electrons. The van der Waals surface area contributed by atoms with Gasteiger partial charge in [-0.3, -0.25) is 14.5 Å². The minimum Gasteiger partial charge on any atom is -0.489 e. The molecule has 0 unspecified atom stereocenters. The molecule has 2 N–H and O–H groups in total. The Kier molecular flexibility index (Phi) is 5.41. The minimum absolute atomic E-state index is 0.0279. The molecule has 0 amide bonds. The zero-order valence-electron chi connectivity index (χ0n) is 19.3. The molecule has 0 spiro atoms. The molecule has 6 rings (SSSR count). The number of hydrogen-bond acceptors (Lipinski definition) is 4. The number of aromatic amines is 1. The van der Waals surface area contributed by atoms with E-state index < -0.39 is 12.0 Å². The largest absolute Gasteiger partial charge is 0.489 e. The summed E-state index contributed by atoms with van der Waals surface area (Å²) >= 11 is 0. The van der Waals surface area contributed by atoms with Crippen molar-refractivity contribution in [2.75, 3.05) is 13.1 Å². The molecule has 4 heterocycles. The Bertz CT molecular complexity index is 1440. The third-order valence-electron chi connectivity index (χ3n) is 7.34. The number of aliphatic carboxylic acids is 1. The van der Waals surface area contributed by atoms with Crippen molar-refractivity contribution in [1.29, 1.82) is 0 Å². The van der Waals surface area contributed by atoms with Gasteiger partial charge in [0.2, 0.25) is 0 Å². The number of fused-ring (bicyclic) bond motifs is 5. The van der Waals surface area contributed by atoms with Crippen molar-refractivity contribution >= 4 is 16.9 Å². The molecule has 2 aliphatic heterocycles. The Morgan fingerprint density at radius 2 is 1.91 bits per heavy atom. The van der Waals surface area contributed by atoms with Gasteiger partial charge in [-0.1, -0.05) is 36.4 Å². The van der Waals surface area contributed by atoms with Gasteiger partial charge in [0.25, 0.3) is 5.56 Å². The summed E-state index contributed by atoms with van der Waals surface area (Å²) in [5.74, 6) is 0.230. The van der Waals surface area contributed by atoms with Crippen LogP contribution in [-0.4, -0.2) is 38.6 Å². The van der Waals surface area contributed by atoms with Gasteiger partial charge in [-0.05, 0) is 42.2 Å². The summed E-state index contributed by atoms with van der Waals surface area (Å²) in [4.78, 5) is 30.3. The predicted molar refractivity (Wildman–Crippen MR) is 133 cm³/mol. The SMILES string of the molecule is O=C(O)[C@H](c1c[nH]c2ccc(OCc3ccccc3)cc12)N1C[C@H]2C[C@@H](C1)c1cccc(=O)n1C2. The molecule has 3 atom stereocenters. The Labute approximate surface area is 202 Å². The van der Waals surface area contributed by atoms with Crippen LogP contribution in [0.5, 0.6) is 5.75 Å². The third kappa shape index (κ3) is 4.02. The van der Waals surface area contributed by atoms with Crippen LogP contribution in [0.25, 0.3) is 10.9 Å². The molecule has 1 saturated heterocycles. The number of ether oxygens (including phenoxy) is 1. The molecule has 7 nitrogen and oxygen atoms in total. The fourth-order valence-corrected chi connectivity index (χ4v) is 5.81. The van der Waals surface area contributed by atoms with Crippen molar-refractivity contribution in [2.45, 2.75) is 31.5 Å². The highest BCUT2D eigenvalue weighted by Crippen LogP contribution is 2.40. The number of hydrogen-bond donors (Lipinski definition) is 2. The van der Waals surface area contributed by atoms with Crippen molar-refractivity contribution in [3.8, 4) is 5.75 Å². The van der Waals surface area contributed by atoms with Gasteiger partial charge < -0.3 is 19.4 Å². The molecular formula is C28H27N3O4. The van der Waals surface area contributed by atoms with Gasteiger partial charge in [0.05, 0.1) is 0 Å². The number of nitrogens with zero attached hydrogens (tertiary/aromatic N) is 2. The molecular weight excluding hydrogens is 442 g/mol. The molecule has 4 aromatic rings. The molecule has 0 aliphatic carbocycles. The Hall–Kier alpha value is -3.84. The van der Waals surface area contributed by atoms with Crippen LogP contribution in [-0.2, 0) is 17.9 Å². The van der Waals surface area contributed by atoms with Gasteiger partial charge in [-0.2, -0.15) is 0 Å². The highest BCUT2D eigenvalue weighted by molar-refractivity contribution is 5.90. The van der Waals surface area contributed by atoms with Gasteiger partial charge >= 0.3 is 5.97 Å². The first kappa shape index (κ1) is 21.7. The molecule has 2 bridgehead atoms. The van der Waals surface area contributed by atoms with E-state index in [4.69, 9.17) is 4.74 Å². The number of benzene rings is 2. The first-order valence-corrected chi connectivity index (χ1v) is 12.0. The fraction of sp³-hybridized carbons (Fsp3) is 0.286.